The Morgan fingerprint density at radius 1 is 1.18 bits per heavy atom. The highest BCUT2D eigenvalue weighted by atomic mass is 15.2. The first-order valence-corrected chi connectivity index (χ1v) is 8.58. The van der Waals surface area contributed by atoms with Crippen LogP contribution in [0.25, 0.3) is 0 Å². The molecule has 122 valence electrons. The predicted octanol–water partition coefficient (Wildman–Crippen LogP) is 2.87. The molecule has 4 heteroatoms. The van der Waals surface area contributed by atoms with Gasteiger partial charge in [-0.3, -0.25) is 4.99 Å². The summed E-state index contributed by atoms with van der Waals surface area (Å²) in [6.07, 6.45) is 5.05. The van der Waals surface area contributed by atoms with Crippen LogP contribution in [0.5, 0.6) is 0 Å². The highest BCUT2D eigenvalue weighted by Crippen LogP contribution is 2.28. The fourth-order valence-electron chi connectivity index (χ4n) is 2.35. The monoisotopic (exact) mass is 302 g/mol. The summed E-state index contributed by atoms with van der Waals surface area (Å²) in [5, 5.41) is 6.76. The second-order valence-electron chi connectivity index (χ2n) is 6.05. The van der Waals surface area contributed by atoms with Crippen molar-refractivity contribution in [3.05, 3.63) is 30.3 Å². The minimum atomic E-state index is 0.843. The van der Waals surface area contributed by atoms with Crippen LogP contribution in [0.1, 0.15) is 32.6 Å². The van der Waals surface area contributed by atoms with Crippen molar-refractivity contribution in [3.8, 4) is 0 Å². The van der Waals surface area contributed by atoms with Gasteiger partial charge in [-0.05, 0) is 50.7 Å². The Bertz CT molecular complexity index is 440. The van der Waals surface area contributed by atoms with Gasteiger partial charge in [-0.25, -0.2) is 0 Å². The zero-order valence-electron chi connectivity index (χ0n) is 14.0. The molecule has 0 heterocycles. The van der Waals surface area contributed by atoms with Crippen LogP contribution in [0.4, 0.5) is 5.69 Å². The van der Waals surface area contributed by atoms with Crippen LogP contribution in [0.3, 0.4) is 0 Å². The standard InChI is InChI=1S/C18H30N4/c1-3-19-18(21-15-16-11-12-16)20-13-7-8-14-22(2)17-9-5-4-6-10-17/h4-6,9-10,16H,3,7-8,11-15H2,1-2H3,(H2,19,20,21). The van der Waals surface area contributed by atoms with Crippen molar-refractivity contribution in [2.75, 3.05) is 38.1 Å². The van der Waals surface area contributed by atoms with Crippen LogP contribution >= 0.6 is 0 Å². The molecule has 2 rings (SSSR count). The Labute approximate surface area is 135 Å². The van der Waals surface area contributed by atoms with Crippen molar-refractivity contribution in [1.82, 2.24) is 10.6 Å². The number of benzene rings is 1. The van der Waals surface area contributed by atoms with Gasteiger partial charge < -0.3 is 15.5 Å². The molecular formula is C18H30N4. The lowest BCUT2D eigenvalue weighted by Crippen LogP contribution is -2.38. The maximum absolute atomic E-state index is 4.64. The minimum absolute atomic E-state index is 0.843. The SMILES string of the molecule is CCNC(=NCC1CC1)NCCCCN(C)c1ccccc1. The molecule has 0 aromatic heterocycles. The smallest absolute Gasteiger partial charge is 0.191 e. The Hall–Kier alpha value is -1.71. The molecule has 0 spiro atoms. The summed E-state index contributed by atoms with van der Waals surface area (Å²) in [6, 6.07) is 10.6. The van der Waals surface area contributed by atoms with Crippen LogP contribution < -0.4 is 15.5 Å². The molecule has 4 nitrogen and oxygen atoms in total. The highest BCUT2D eigenvalue weighted by Gasteiger charge is 2.20. The zero-order valence-corrected chi connectivity index (χ0v) is 14.0. The van der Waals surface area contributed by atoms with Crippen molar-refractivity contribution in [3.63, 3.8) is 0 Å². The molecule has 1 aromatic rings. The summed E-state index contributed by atoms with van der Waals surface area (Å²) < 4.78 is 0. The molecule has 0 radical (unpaired) electrons. The normalized spacial score (nSPS) is 14.7. The lowest BCUT2D eigenvalue weighted by atomic mass is 10.2. The van der Waals surface area contributed by atoms with Gasteiger partial charge in [0.25, 0.3) is 0 Å². The van der Waals surface area contributed by atoms with E-state index in [2.05, 4.69) is 64.8 Å². The van der Waals surface area contributed by atoms with E-state index in [0.717, 1.165) is 44.5 Å². The number of para-hydroxylation sites is 1. The third-order valence-electron chi connectivity index (χ3n) is 3.96. The number of nitrogens with one attached hydrogen (secondary N) is 2. The van der Waals surface area contributed by atoms with E-state index >= 15 is 0 Å². The van der Waals surface area contributed by atoms with E-state index in [1.54, 1.807) is 0 Å². The average Bonchev–Trinajstić information content (AvgIpc) is 3.37. The van der Waals surface area contributed by atoms with Crippen LogP contribution in [0.15, 0.2) is 35.3 Å². The van der Waals surface area contributed by atoms with Crippen molar-refractivity contribution in [1.29, 1.82) is 0 Å². The van der Waals surface area contributed by atoms with Crippen LogP contribution in [0.2, 0.25) is 0 Å². The third-order valence-corrected chi connectivity index (χ3v) is 3.96. The summed E-state index contributed by atoms with van der Waals surface area (Å²) >= 11 is 0. The second kappa shape index (κ2) is 9.34. The molecule has 0 saturated heterocycles. The summed E-state index contributed by atoms with van der Waals surface area (Å²) in [5.41, 5.74) is 1.29. The topological polar surface area (TPSA) is 39.7 Å². The molecule has 1 aliphatic carbocycles. The summed E-state index contributed by atoms with van der Waals surface area (Å²) in [6.45, 7) is 6.09. The van der Waals surface area contributed by atoms with Crippen molar-refractivity contribution in [2.45, 2.75) is 32.6 Å². The molecule has 2 N–H and O–H groups in total. The number of rotatable bonds is 9. The number of unbranched alkanes of at least 4 members (excludes halogenated alkanes) is 1. The number of anilines is 1. The quantitative estimate of drug-likeness (QED) is 0.418. The maximum Gasteiger partial charge on any atom is 0.191 e. The van der Waals surface area contributed by atoms with Gasteiger partial charge in [-0.1, -0.05) is 18.2 Å². The number of hydrogen-bond donors (Lipinski definition) is 2. The van der Waals surface area contributed by atoms with E-state index in [0.29, 0.717) is 0 Å². The molecule has 1 fully saturated rings. The highest BCUT2D eigenvalue weighted by molar-refractivity contribution is 5.79. The third kappa shape index (κ3) is 6.37. The molecular weight excluding hydrogens is 272 g/mol. The average molecular weight is 302 g/mol. The predicted molar refractivity (Wildman–Crippen MR) is 95.7 cm³/mol. The molecule has 0 bridgehead atoms. The molecule has 0 amide bonds. The first-order chi connectivity index (χ1) is 10.8. The number of aliphatic imine (C=N–C) groups is 1. The molecule has 0 aliphatic heterocycles. The first kappa shape index (κ1) is 16.7. The Balaban J connectivity index is 1.59. The number of hydrogen-bond acceptors (Lipinski definition) is 2. The second-order valence-corrected chi connectivity index (χ2v) is 6.05. The molecule has 1 aliphatic rings. The van der Waals surface area contributed by atoms with Gasteiger partial charge in [0, 0.05) is 38.9 Å². The largest absolute Gasteiger partial charge is 0.375 e. The fourth-order valence-corrected chi connectivity index (χ4v) is 2.35. The lowest BCUT2D eigenvalue weighted by Gasteiger charge is -2.19. The van der Waals surface area contributed by atoms with E-state index < -0.39 is 0 Å². The maximum atomic E-state index is 4.64. The van der Waals surface area contributed by atoms with Gasteiger partial charge in [0.05, 0.1) is 0 Å². The summed E-state index contributed by atoms with van der Waals surface area (Å²) in [5.74, 6) is 1.82. The van der Waals surface area contributed by atoms with Crippen molar-refractivity contribution < 1.29 is 0 Å². The van der Waals surface area contributed by atoms with Gasteiger partial charge in [0.15, 0.2) is 5.96 Å². The van der Waals surface area contributed by atoms with Crippen LogP contribution in [-0.4, -0.2) is 39.2 Å². The summed E-state index contributed by atoms with van der Waals surface area (Å²) in [7, 11) is 2.16. The lowest BCUT2D eigenvalue weighted by molar-refractivity contribution is 0.685. The minimum Gasteiger partial charge on any atom is -0.375 e. The molecule has 1 aromatic carbocycles. The Kier molecular flexibility index (Phi) is 7.07. The van der Waals surface area contributed by atoms with Gasteiger partial charge in [0.1, 0.15) is 0 Å². The number of nitrogens with zero attached hydrogens (tertiary/aromatic N) is 2. The van der Waals surface area contributed by atoms with Gasteiger partial charge in [-0.2, -0.15) is 0 Å². The molecule has 22 heavy (non-hydrogen) atoms. The van der Waals surface area contributed by atoms with E-state index in [1.807, 2.05) is 0 Å². The summed E-state index contributed by atoms with van der Waals surface area (Å²) in [4.78, 5) is 6.95. The van der Waals surface area contributed by atoms with E-state index in [-0.39, 0.29) is 0 Å². The molecule has 1 saturated carbocycles. The first-order valence-electron chi connectivity index (χ1n) is 8.58. The van der Waals surface area contributed by atoms with Gasteiger partial charge in [-0.15, -0.1) is 0 Å². The van der Waals surface area contributed by atoms with E-state index in [9.17, 15) is 0 Å². The number of guanidine groups is 1. The van der Waals surface area contributed by atoms with Crippen LogP contribution in [0, 0.1) is 5.92 Å². The van der Waals surface area contributed by atoms with E-state index in [1.165, 1.54) is 24.9 Å². The van der Waals surface area contributed by atoms with Crippen molar-refractivity contribution >= 4 is 11.6 Å². The fraction of sp³-hybridized carbons (Fsp3) is 0.611. The zero-order chi connectivity index (χ0) is 15.6. The van der Waals surface area contributed by atoms with E-state index in [4.69, 9.17) is 0 Å². The Morgan fingerprint density at radius 2 is 1.95 bits per heavy atom. The molecule has 0 atom stereocenters. The van der Waals surface area contributed by atoms with Crippen LogP contribution in [-0.2, 0) is 0 Å². The van der Waals surface area contributed by atoms with Gasteiger partial charge >= 0.3 is 0 Å². The Morgan fingerprint density at radius 3 is 2.64 bits per heavy atom. The van der Waals surface area contributed by atoms with Crippen molar-refractivity contribution in [2.24, 2.45) is 10.9 Å². The van der Waals surface area contributed by atoms with Gasteiger partial charge in [0.2, 0.25) is 0 Å². The molecule has 0 unspecified atom stereocenters.